The molecule has 1 aromatic carbocycles. The van der Waals surface area contributed by atoms with Gasteiger partial charge in [-0.25, -0.2) is 0 Å². The molecule has 0 saturated carbocycles. The van der Waals surface area contributed by atoms with E-state index in [1.54, 1.807) is 12.1 Å². The van der Waals surface area contributed by atoms with Crippen LogP contribution < -0.4 is 10.6 Å². The maximum absolute atomic E-state index is 12.1. The van der Waals surface area contributed by atoms with E-state index in [1.165, 1.54) is 0 Å². The summed E-state index contributed by atoms with van der Waals surface area (Å²) in [4.78, 5) is 35.4. The molecule has 6 nitrogen and oxygen atoms in total. The highest BCUT2D eigenvalue weighted by Crippen LogP contribution is 2.22. The van der Waals surface area contributed by atoms with Crippen LogP contribution >= 0.6 is 0 Å². The minimum atomic E-state index is -0.656. The van der Waals surface area contributed by atoms with E-state index >= 15 is 0 Å². The third-order valence-electron chi connectivity index (χ3n) is 4.16. The molecule has 1 atom stereocenters. The summed E-state index contributed by atoms with van der Waals surface area (Å²) >= 11 is 0. The lowest BCUT2D eigenvalue weighted by Gasteiger charge is -2.19. The fourth-order valence-corrected chi connectivity index (χ4v) is 2.04. The van der Waals surface area contributed by atoms with Crippen molar-refractivity contribution in [3.05, 3.63) is 35.4 Å². The van der Waals surface area contributed by atoms with Crippen LogP contribution in [0.2, 0.25) is 0 Å². The van der Waals surface area contributed by atoms with Crippen molar-refractivity contribution in [3.63, 3.8) is 0 Å². The van der Waals surface area contributed by atoms with Crippen LogP contribution in [0.1, 0.15) is 57.5 Å². The molecule has 0 radical (unpaired) electrons. The largest absolute Gasteiger partial charge is 0.454 e. The average Bonchev–Trinajstić information content (AvgIpc) is 2.57. The van der Waals surface area contributed by atoms with E-state index in [0.717, 1.165) is 5.56 Å². The van der Waals surface area contributed by atoms with Crippen LogP contribution in [0.4, 0.5) is 0 Å². The first-order valence-electron chi connectivity index (χ1n) is 8.84. The van der Waals surface area contributed by atoms with Gasteiger partial charge in [0.1, 0.15) is 6.54 Å². The van der Waals surface area contributed by atoms with Crippen LogP contribution in [-0.2, 0) is 19.7 Å². The first-order chi connectivity index (χ1) is 12.0. The number of rotatable bonds is 7. The van der Waals surface area contributed by atoms with Crippen molar-refractivity contribution in [2.45, 2.75) is 53.0 Å². The van der Waals surface area contributed by atoms with E-state index in [-0.39, 0.29) is 36.4 Å². The second-order valence-corrected chi connectivity index (χ2v) is 7.77. The molecule has 26 heavy (non-hydrogen) atoms. The number of carbonyl (C=O) groups is 3. The summed E-state index contributed by atoms with van der Waals surface area (Å²) in [7, 11) is 0. The predicted molar refractivity (Wildman–Crippen MR) is 101 cm³/mol. The molecular formula is C20H30N2O4. The minimum Gasteiger partial charge on any atom is -0.454 e. The van der Waals surface area contributed by atoms with Gasteiger partial charge in [0, 0.05) is 11.6 Å². The normalized spacial score (nSPS) is 12.4. The van der Waals surface area contributed by atoms with Crippen LogP contribution in [-0.4, -0.2) is 37.0 Å². The molecule has 0 aromatic heterocycles. The number of carbonyl (C=O) groups excluding carboxylic acids is 3. The van der Waals surface area contributed by atoms with Crippen LogP contribution in [0, 0.1) is 5.92 Å². The Morgan fingerprint density at radius 3 is 2.12 bits per heavy atom. The van der Waals surface area contributed by atoms with Gasteiger partial charge in [-0.3, -0.25) is 14.4 Å². The summed E-state index contributed by atoms with van der Waals surface area (Å²) in [6, 6.07) is 7.24. The summed E-state index contributed by atoms with van der Waals surface area (Å²) in [6.07, 6.45) is 0. The molecule has 1 aromatic rings. The fraction of sp³-hybridized carbons (Fsp3) is 0.550. The molecule has 0 fully saturated rings. The summed E-state index contributed by atoms with van der Waals surface area (Å²) in [5, 5.41) is 5.23. The van der Waals surface area contributed by atoms with E-state index in [4.69, 9.17) is 4.74 Å². The number of esters is 1. The second kappa shape index (κ2) is 9.36. The Morgan fingerprint density at radius 1 is 1.04 bits per heavy atom. The maximum Gasteiger partial charge on any atom is 0.325 e. The van der Waals surface area contributed by atoms with E-state index < -0.39 is 5.97 Å². The van der Waals surface area contributed by atoms with E-state index in [9.17, 15) is 14.4 Å². The predicted octanol–water partition coefficient (Wildman–Crippen LogP) is 2.42. The zero-order chi connectivity index (χ0) is 19.9. The van der Waals surface area contributed by atoms with Crippen molar-refractivity contribution in [1.82, 2.24) is 10.6 Å². The number of amides is 2. The van der Waals surface area contributed by atoms with Gasteiger partial charge in [-0.1, -0.05) is 46.8 Å². The van der Waals surface area contributed by atoms with Crippen molar-refractivity contribution in [3.8, 4) is 0 Å². The van der Waals surface area contributed by atoms with Crippen LogP contribution in [0.15, 0.2) is 24.3 Å². The van der Waals surface area contributed by atoms with Crippen molar-refractivity contribution in [1.29, 1.82) is 0 Å². The molecule has 0 aliphatic rings. The molecule has 6 heteroatoms. The maximum atomic E-state index is 12.1. The molecular weight excluding hydrogens is 332 g/mol. The fourth-order valence-electron chi connectivity index (χ4n) is 2.04. The topological polar surface area (TPSA) is 84.5 Å². The SMILES string of the molecule is CC(C)[C@H](C)NC(=O)COC(=O)CNC(=O)c1ccc(C(C)(C)C)cc1. The Bertz CT molecular complexity index is 630. The van der Waals surface area contributed by atoms with Crippen LogP contribution in [0.25, 0.3) is 0 Å². The summed E-state index contributed by atoms with van der Waals surface area (Å²) in [5.41, 5.74) is 1.59. The van der Waals surface area contributed by atoms with Gasteiger partial charge >= 0.3 is 5.97 Å². The van der Waals surface area contributed by atoms with Gasteiger partial charge in [-0.15, -0.1) is 0 Å². The molecule has 144 valence electrons. The van der Waals surface area contributed by atoms with Gasteiger partial charge in [0.05, 0.1) is 0 Å². The lowest BCUT2D eigenvalue weighted by Crippen LogP contribution is -2.39. The molecule has 0 bridgehead atoms. The third kappa shape index (κ3) is 7.25. The van der Waals surface area contributed by atoms with Crippen LogP contribution in [0.3, 0.4) is 0 Å². The summed E-state index contributed by atoms with van der Waals surface area (Å²) in [5.74, 6) is -1.08. The highest BCUT2D eigenvalue weighted by Gasteiger charge is 2.16. The van der Waals surface area contributed by atoms with Crippen molar-refractivity contribution in [2.75, 3.05) is 13.2 Å². The van der Waals surface area contributed by atoms with E-state index in [1.807, 2.05) is 32.9 Å². The molecule has 0 aliphatic carbocycles. The van der Waals surface area contributed by atoms with Crippen molar-refractivity contribution < 1.29 is 19.1 Å². The van der Waals surface area contributed by atoms with E-state index in [2.05, 4.69) is 31.4 Å². The number of ether oxygens (including phenoxy) is 1. The van der Waals surface area contributed by atoms with E-state index in [0.29, 0.717) is 11.5 Å². The van der Waals surface area contributed by atoms with Gasteiger partial charge in [0.2, 0.25) is 0 Å². The summed E-state index contributed by atoms with van der Waals surface area (Å²) in [6.45, 7) is 11.5. The third-order valence-corrected chi connectivity index (χ3v) is 4.16. The number of hydrogen-bond acceptors (Lipinski definition) is 4. The molecule has 2 N–H and O–H groups in total. The zero-order valence-corrected chi connectivity index (χ0v) is 16.5. The molecule has 0 heterocycles. The molecule has 0 unspecified atom stereocenters. The zero-order valence-electron chi connectivity index (χ0n) is 16.5. The molecule has 0 aliphatic heterocycles. The lowest BCUT2D eigenvalue weighted by molar-refractivity contribution is -0.147. The standard InChI is InChI=1S/C20H30N2O4/c1-13(2)14(3)22-17(23)12-26-18(24)11-21-19(25)15-7-9-16(10-8-15)20(4,5)6/h7-10,13-14H,11-12H2,1-6H3,(H,21,25)(H,22,23)/t14-/m0/s1. The Morgan fingerprint density at radius 2 is 1.62 bits per heavy atom. The first-order valence-corrected chi connectivity index (χ1v) is 8.84. The average molecular weight is 362 g/mol. The highest BCUT2D eigenvalue weighted by atomic mass is 16.5. The Balaban J connectivity index is 2.40. The Labute approximate surface area is 155 Å². The van der Waals surface area contributed by atoms with Crippen molar-refractivity contribution in [2.24, 2.45) is 5.92 Å². The van der Waals surface area contributed by atoms with Gasteiger partial charge in [0.25, 0.3) is 11.8 Å². The highest BCUT2D eigenvalue weighted by molar-refractivity contribution is 5.96. The molecule has 2 amide bonds. The number of nitrogens with one attached hydrogen (secondary N) is 2. The van der Waals surface area contributed by atoms with Gasteiger partial charge < -0.3 is 15.4 Å². The second-order valence-electron chi connectivity index (χ2n) is 7.77. The summed E-state index contributed by atoms with van der Waals surface area (Å²) < 4.78 is 4.87. The van der Waals surface area contributed by atoms with Gasteiger partial charge in [0.15, 0.2) is 6.61 Å². The molecule has 0 saturated heterocycles. The van der Waals surface area contributed by atoms with Gasteiger partial charge in [-0.2, -0.15) is 0 Å². The number of hydrogen-bond donors (Lipinski definition) is 2. The monoisotopic (exact) mass is 362 g/mol. The van der Waals surface area contributed by atoms with Crippen molar-refractivity contribution >= 4 is 17.8 Å². The smallest absolute Gasteiger partial charge is 0.325 e. The number of benzene rings is 1. The first kappa shape index (κ1) is 21.7. The van der Waals surface area contributed by atoms with Gasteiger partial charge in [-0.05, 0) is 36.0 Å². The molecule has 0 spiro atoms. The molecule has 1 rings (SSSR count). The van der Waals surface area contributed by atoms with Crippen LogP contribution in [0.5, 0.6) is 0 Å². The Hall–Kier alpha value is -2.37. The quantitative estimate of drug-likeness (QED) is 0.730. The minimum absolute atomic E-state index is 0.00280. The lowest BCUT2D eigenvalue weighted by atomic mass is 9.87. The Kier molecular flexibility index (Phi) is 7.80.